The molecule has 1 aliphatic heterocycles. The number of nitrogens with zero attached hydrogens (tertiary/aromatic N) is 3. The van der Waals surface area contributed by atoms with Gasteiger partial charge < -0.3 is 0 Å². The van der Waals surface area contributed by atoms with Gasteiger partial charge in [0.05, 0.1) is 5.54 Å². The zero-order valence-corrected chi connectivity index (χ0v) is 15.3. The lowest BCUT2D eigenvalue weighted by atomic mass is 10.1. The third kappa shape index (κ3) is 3.92. The second kappa shape index (κ2) is 6.24. The Morgan fingerprint density at radius 3 is 2.26 bits per heavy atom. The van der Waals surface area contributed by atoms with Crippen molar-refractivity contribution in [3.63, 3.8) is 0 Å². The first kappa shape index (κ1) is 17.9. The van der Waals surface area contributed by atoms with Crippen LogP contribution < -0.4 is 4.72 Å². The van der Waals surface area contributed by atoms with Crippen molar-refractivity contribution in [3.8, 4) is 0 Å². The average molecular weight is 342 g/mol. The summed E-state index contributed by atoms with van der Waals surface area (Å²) in [7, 11) is -3.78. The lowest BCUT2D eigenvalue weighted by molar-refractivity contribution is 0.0973. The van der Waals surface area contributed by atoms with Crippen molar-refractivity contribution < 1.29 is 13.2 Å². The number of hydrogen-bond acceptors (Lipinski definition) is 4. The summed E-state index contributed by atoms with van der Waals surface area (Å²) in [4.78, 5) is 12.3. The highest BCUT2D eigenvalue weighted by Gasteiger charge is 2.29. The summed E-state index contributed by atoms with van der Waals surface area (Å²) in [5.74, 6) is -0.500. The zero-order chi connectivity index (χ0) is 17.4. The van der Waals surface area contributed by atoms with Crippen LogP contribution in [-0.2, 0) is 15.7 Å². The molecule has 1 amide bonds. The predicted octanol–water partition coefficient (Wildman–Crippen LogP) is 1.83. The number of amides is 1. The molecular formula is C15H26N4O3S. The van der Waals surface area contributed by atoms with Crippen LogP contribution in [0.2, 0.25) is 0 Å². The zero-order valence-electron chi connectivity index (χ0n) is 14.5. The van der Waals surface area contributed by atoms with E-state index in [1.54, 1.807) is 10.7 Å². The molecule has 2 rings (SSSR count). The minimum Gasteiger partial charge on any atom is -0.266 e. The van der Waals surface area contributed by atoms with E-state index in [9.17, 15) is 13.2 Å². The summed E-state index contributed by atoms with van der Waals surface area (Å²) in [5, 5.41) is 4.34. The second-order valence-electron chi connectivity index (χ2n) is 7.23. The molecule has 0 aromatic carbocycles. The van der Waals surface area contributed by atoms with Gasteiger partial charge in [-0.25, -0.2) is 4.72 Å². The van der Waals surface area contributed by atoms with E-state index < -0.39 is 16.1 Å². The summed E-state index contributed by atoms with van der Waals surface area (Å²) in [6.45, 7) is 10.9. The SMILES string of the molecule is CC(C)c1cc(C(=O)NS(=O)(=O)N2CCCC2)nn1C(C)(C)C. The van der Waals surface area contributed by atoms with Crippen molar-refractivity contribution in [1.82, 2.24) is 18.8 Å². The molecule has 1 saturated heterocycles. The molecule has 2 heterocycles. The quantitative estimate of drug-likeness (QED) is 0.905. The Hall–Kier alpha value is -1.41. The highest BCUT2D eigenvalue weighted by Crippen LogP contribution is 2.23. The lowest BCUT2D eigenvalue weighted by Gasteiger charge is -2.23. The van der Waals surface area contributed by atoms with Crippen LogP contribution in [0.5, 0.6) is 0 Å². The fourth-order valence-corrected chi connectivity index (χ4v) is 3.82. The maximum Gasteiger partial charge on any atom is 0.304 e. The van der Waals surface area contributed by atoms with Crippen LogP contribution in [0.25, 0.3) is 0 Å². The van der Waals surface area contributed by atoms with Crippen molar-refractivity contribution >= 4 is 16.1 Å². The molecule has 130 valence electrons. The summed E-state index contributed by atoms with van der Waals surface area (Å²) in [5.41, 5.74) is 0.749. The van der Waals surface area contributed by atoms with Crippen LogP contribution in [0.4, 0.5) is 0 Å². The molecule has 0 unspecified atom stereocenters. The van der Waals surface area contributed by atoms with Crippen molar-refractivity contribution in [2.75, 3.05) is 13.1 Å². The van der Waals surface area contributed by atoms with Gasteiger partial charge in [-0.2, -0.15) is 17.8 Å². The lowest BCUT2D eigenvalue weighted by Crippen LogP contribution is -2.42. The molecule has 1 aliphatic rings. The fourth-order valence-electron chi connectivity index (χ4n) is 2.62. The molecule has 1 fully saturated rings. The number of carbonyl (C=O) groups is 1. The fraction of sp³-hybridized carbons (Fsp3) is 0.733. The van der Waals surface area contributed by atoms with Crippen molar-refractivity contribution in [2.45, 2.75) is 58.9 Å². The molecule has 0 radical (unpaired) electrons. The van der Waals surface area contributed by atoms with Gasteiger partial charge in [0.15, 0.2) is 5.69 Å². The van der Waals surface area contributed by atoms with Crippen molar-refractivity contribution in [3.05, 3.63) is 17.5 Å². The molecule has 1 aromatic heterocycles. The molecule has 0 aliphatic carbocycles. The molecule has 1 aromatic rings. The summed E-state index contributed by atoms with van der Waals surface area (Å²) in [6.07, 6.45) is 1.65. The molecule has 8 heteroatoms. The third-order valence-electron chi connectivity index (χ3n) is 3.82. The van der Waals surface area contributed by atoms with Gasteiger partial charge >= 0.3 is 10.2 Å². The van der Waals surface area contributed by atoms with E-state index in [0.29, 0.717) is 13.1 Å². The standard InChI is InChI=1S/C15H26N4O3S/c1-11(2)13-10-12(16-19(13)15(3,4)5)14(20)17-23(21,22)18-8-6-7-9-18/h10-11H,6-9H2,1-5H3,(H,17,20). The number of nitrogens with one attached hydrogen (secondary N) is 1. The summed E-state index contributed by atoms with van der Waals surface area (Å²) >= 11 is 0. The molecule has 0 atom stereocenters. The Bertz CT molecular complexity index is 680. The maximum absolute atomic E-state index is 12.3. The van der Waals surface area contributed by atoms with Gasteiger partial charge in [-0.05, 0) is 45.6 Å². The Kier molecular flexibility index (Phi) is 4.86. The number of aromatic nitrogens is 2. The van der Waals surface area contributed by atoms with Crippen LogP contribution >= 0.6 is 0 Å². The number of carbonyl (C=O) groups excluding carboxylic acids is 1. The largest absolute Gasteiger partial charge is 0.304 e. The molecule has 1 N–H and O–H groups in total. The van der Waals surface area contributed by atoms with E-state index in [4.69, 9.17) is 0 Å². The highest BCUT2D eigenvalue weighted by atomic mass is 32.2. The Morgan fingerprint density at radius 2 is 1.83 bits per heavy atom. The number of rotatable bonds is 4. The molecule has 7 nitrogen and oxygen atoms in total. The molecular weight excluding hydrogens is 316 g/mol. The van der Waals surface area contributed by atoms with Crippen molar-refractivity contribution in [1.29, 1.82) is 0 Å². The summed E-state index contributed by atoms with van der Waals surface area (Å²) < 4.78 is 29.6. The van der Waals surface area contributed by atoms with E-state index in [-0.39, 0.29) is 17.2 Å². The minimum absolute atomic E-state index is 0.131. The van der Waals surface area contributed by atoms with Crippen LogP contribution in [0.1, 0.15) is 69.6 Å². The highest BCUT2D eigenvalue weighted by molar-refractivity contribution is 7.87. The van der Waals surface area contributed by atoms with Gasteiger partial charge in [0.2, 0.25) is 0 Å². The Morgan fingerprint density at radius 1 is 1.26 bits per heavy atom. The van der Waals surface area contributed by atoms with E-state index in [2.05, 4.69) is 9.82 Å². The van der Waals surface area contributed by atoms with Crippen LogP contribution in [-0.4, -0.2) is 41.5 Å². The molecule has 0 spiro atoms. The summed E-state index contributed by atoms with van der Waals surface area (Å²) in [6, 6.07) is 1.67. The minimum atomic E-state index is -3.78. The van der Waals surface area contributed by atoms with Crippen LogP contribution in [0.3, 0.4) is 0 Å². The van der Waals surface area contributed by atoms with Gasteiger partial charge in [0.25, 0.3) is 5.91 Å². The van der Waals surface area contributed by atoms with E-state index >= 15 is 0 Å². The van der Waals surface area contributed by atoms with E-state index in [1.165, 1.54) is 4.31 Å². The first-order valence-corrected chi connectivity index (χ1v) is 9.39. The predicted molar refractivity (Wildman–Crippen MR) is 88.5 cm³/mol. The monoisotopic (exact) mass is 342 g/mol. The first-order valence-electron chi connectivity index (χ1n) is 7.95. The Balaban J connectivity index is 2.26. The van der Waals surface area contributed by atoms with Gasteiger partial charge in [-0.3, -0.25) is 9.48 Å². The molecule has 0 bridgehead atoms. The Labute approximate surface area is 138 Å². The van der Waals surface area contributed by atoms with Gasteiger partial charge in [-0.15, -0.1) is 0 Å². The van der Waals surface area contributed by atoms with Gasteiger partial charge in [0, 0.05) is 18.8 Å². The number of hydrogen-bond donors (Lipinski definition) is 1. The first-order chi connectivity index (χ1) is 10.5. The third-order valence-corrected chi connectivity index (χ3v) is 5.31. The van der Waals surface area contributed by atoms with E-state index in [1.807, 2.05) is 34.6 Å². The average Bonchev–Trinajstić information content (AvgIpc) is 3.07. The molecule has 23 heavy (non-hydrogen) atoms. The van der Waals surface area contributed by atoms with Gasteiger partial charge in [-0.1, -0.05) is 13.8 Å². The van der Waals surface area contributed by atoms with Crippen LogP contribution in [0, 0.1) is 0 Å². The van der Waals surface area contributed by atoms with E-state index in [0.717, 1.165) is 18.5 Å². The topological polar surface area (TPSA) is 84.3 Å². The van der Waals surface area contributed by atoms with Crippen LogP contribution in [0.15, 0.2) is 6.07 Å². The molecule has 0 saturated carbocycles. The van der Waals surface area contributed by atoms with Crippen molar-refractivity contribution in [2.24, 2.45) is 0 Å². The normalized spacial score (nSPS) is 17.0. The maximum atomic E-state index is 12.3. The van der Waals surface area contributed by atoms with Gasteiger partial charge in [0.1, 0.15) is 0 Å². The second-order valence-corrected chi connectivity index (χ2v) is 8.90. The smallest absolute Gasteiger partial charge is 0.266 e.